The summed E-state index contributed by atoms with van der Waals surface area (Å²) < 4.78 is 34.0. The van der Waals surface area contributed by atoms with Gasteiger partial charge in [0.1, 0.15) is 17.1 Å². The summed E-state index contributed by atoms with van der Waals surface area (Å²) in [4.78, 5) is 24.2. The van der Waals surface area contributed by atoms with E-state index in [1.165, 1.54) is 45.6 Å². The molecule has 2 rings (SSSR count). The summed E-state index contributed by atoms with van der Waals surface area (Å²) in [5.41, 5.74) is -0.0795. The van der Waals surface area contributed by atoms with Gasteiger partial charge in [0.05, 0.1) is 27.0 Å². The molecule has 0 heterocycles. The summed E-state index contributed by atoms with van der Waals surface area (Å²) in [5, 5.41) is 2.52. The number of carbonyl (C=O) groups excluding carboxylic acids is 2. The maximum absolute atomic E-state index is 13.6. The number of ether oxygens (including phenoxy) is 4. The third-order valence-corrected chi connectivity index (χ3v) is 3.70. The van der Waals surface area contributed by atoms with Crippen LogP contribution in [0.2, 0.25) is 5.02 Å². The van der Waals surface area contributed by atoms with Crippen molar-refractivity contribution in [1.82, 2.24) is 0 Å². The molecule has 0 spiro atoms. The number of anilines is 1. The maximum Gasteiger partial charge on any atom is 0.342 e. The Hall–Kier alpha value is -3.00. The van der Waals surface area contributed by atoms with Gasteiger partial charge < -0.3 is 24.3 Å². The first-order chi connectivity index (χ1) is 12.9. The van der Waals surface area contributed by atoms with Gasteiger partial charge in [0, 0.05) is 17.2 Å². The van der Waals surface area contributed by atoms with Gasteiger partial charge in [-0.25, -0.2) is 9.18 Å². The summed E-state index contributed by atoms with van der Waals surface area (Å²) in [7, 11) is 4.22. The molecule has 27 heavy (non-hydrogen) atoms. The number of methoxy groups -OCH3 is 3. The molecule has 1 amide bonds. The first kappa shape index (κ1) is 20.3. The minimum Gasteiger partial charge on any atom is -0.496 e. The van der Waals surface area contributed by atoms with Gasteiger partial charge in [0.25, 0.3) is 5.91 Å². The molecule has 0 aliphatic carbocycles. The van der Waals surface area contributed by atoms with Crippen LogP contribution in [0, 0.1) is 5.82 Å². The van der Waals surface area contributed by atoms with Crippen LogP contribution in [0.4, 0.5) is 10.1 Å². The minimum absolute atomic E-state index is 0.0388. The van der Waals surface area contributed by atoms with E-state index in [0.717, 1.165) is 6.07 Å². The lowest BCUT2D eigenvalue weighted by molar-refractivity contribution is -0.119. The lowest BCUT2D eigenvalue weighted by Gasteiger charge is -2.13. The largest absolute Gasteiger partial charge is 0.496 e. The van der Waals surface area contributed by atoms with E-state index >= 15 is 0 Å². The number of amides is 1. The average Bonchev–Trinajstić information content (AvgIpc) is 2.67. The zero-order chi connectivity index (χ0) is 20.0. The van der Waals surface area contributed by atoms with Crippen LogP contribution in [0.1, 0.15) is 10.4 Å². The van der Waals surface area contributed by atoms with Gasteiger partial charge in [-0.2, -0.15) is 0 Å². The van der Waals surface area contributed by atoms with E-state index in [-0.39, 0.29) is 27.8 Å². The Morgan fingerprint density at radius 2 is 1.63 bits per heavy atom. The van der Waals surface area contributed by atoms with Gasteiger partial charge >= 0.3 is 5.97 Å². The van der Waals surface area contributed by atoms with Crippen molar-refractivity contribution in [3.63, 3.8) is 0 Å². The van der Waals surface area contributed by atoms with Crippen LogP contribution < -0.4 is 19.5 Å². The Bertz CT molecular complexity index is 858. The molecule has 0 unspecified atom stereocenters. The SMILES string of the molecule is COc1cc(OC)c(C(=O)OCC(=O)Nc2cc(Cl)ccc2F)cc1OC. The first-order valence-electron chi connectivity index (χ1n) is 7.61. The fraction of sp³-hybridized carbons (Fsp3) is 0.222. The van der Waals surface area contributed by atoms with Crippen LogP contribution in [0.25, 0.3) is 0 Å². The summed E-state index contributed by atoms with van der Waals surface area (Å²) in [6.07, 6.45) is 0. The molecular weight excluding hydrogens is 381 g/mol. The van der Waals surface area contributed by atoms with E-state index < -0.39 is 24.3 Å². The van der Waals surface area contributed by atoms with Crippen LogP contribution in [-0.2, 0) is 9.53 Å². The molecule has 1 N–H and O–H groups in total. The van der Waals surface area contributed by atoms with Crippen molar-refractivity contribution < 1.29 is 32.9 Å². The number of benzene rings is 2. The quantitative estimate of drug-likeness (QED) is 0.722. The van der Waals surface area contributed by atoms with Gasteiger partial charge in [0.2, 0.25) is 0 Å². The number of carbonyl (C=O) groups is 2. The van der Waals surface area contributed by atoms with E-state index in [0.29, 0.717) is 5.75 Å². The van der Waals surface area contributed by atoms with Gasteiger partial charge in [-0.3, -0.25) is 4.79 Å². The lowest BCUT2D eigenvalue weighted by Crippen LogP contribution is -2.21. The van der Waals surface area contributed by atoms with Crippen molar-refractivity contribution in [1.29, 1.82) is 0 Å². The number of hydrogen-bond acceptors (Lipinski definition) is 6. The Labute approximate surface area is 159 Å². The predicted molar refractivity (Wildman–Crippen MR) is 96.4 cm³/mol. The van der Waals surface area contributed by atoms with Crippen molar-refractivity contribution in [2.24, 2.45) is 0 Å². The zero-order valence-electron chi connectivity index (χ0n) is 14.8. The number of halogens is 2. The second-order valence-electron chi connectivity index (χ2n) is 5.16. The van der Waals surface area contributed by atoms with Crippen molar-refractivity contribution in [2.45, 2.75) is 0 Å². The van der Waals surface area contributed by atoms with Crippen LogP contribution in [0.3, 0.4) is 0 Å². The fourth-order valence-corrected chi connectivity index (χ4v) is 2.35. The van der Waals surface area contributed by atoms with Crippen molar-refractivity contribution >= 4 is 29.2 Å². The standard InChI is InChI=1S/C18H17ClFNO6/c1-24-14-8-16(26-3)15(25-2)7-11(14)18(23)27-9-17(22)21-13-6-10(19)4-5-12(13)20/h4-8H,9H2,1-3H3,(H,21,22). The first-order valence-corrected chi connectivity index (χ1v) is 7.99. The monoisotopic (exact) mass is 397 g/mol. The summed E-state index contributed by atoms with van der Waals surface area (Å²) in [5.74, 6) is -1.39. The lowest BCUT2D eigenvalue weighted by atomic mass is 10.1. The van der Waals surface area contributed by atoms with Crippen molar-refractivity contribution in [3.05, 3.63) is 46.7 Å². The van der Waals surface area contributed by atoms with Crippen LogP contribution in [0.5, 0.6) is 17.2 Å². The van der Waals surface area contributed by atoms with E-state index in [2.05, 4.69) is 5.32 Å². The zero-order valence-corrected chi connectivity index (χ0v) is 15.6. The number of rotatable bonds is 7. The van der Waals surface area contributed by atoms with Gasteiger partial charge in [-0.1, -0.05) is 11.6 Å². The van der Waals surface area contributed by atoms with Gasteiger partial charge in [-0.15, -0.1) is 0 Å². The molecule has 0 bridgehead atoms. The predicted octanol–water partition coefficient (Wildman–Crippen LogP) is 3.30. The molecule has 0 atom stereocenters. The second-order valence-corrected chi connectivity index (χ2v) is 5.59. The summed E-state index contributed by atoms with van der Waals surface area (Å²) in [6, 6.07) is 6.52. The molecule has 0 saturated heterocycles. The second kappa shape index (κ2) is 9.09. The van der Waals surface area contributed by atoms with E-state index in [9.17, 15) is 14.0 Å². The van der Waals surface area contributed by atoms with E-state index in [1.807, 2.05) is 0 Å². The summed E-state index contributed by atoms with van der Waals surface area (Å²) >= 11 is 5.76. The molecule has 0 aliphatic rings. The topological polar surface area (TPSA) is 83.1 Å². The third-order valence-electron chi connectivity index (χ3n) is 3.46. The Kier molecular flexibility index (Phi) is 6.84. The fourth-order valence-electron chi connectivity index (χ4n) is 2.18. The molecule has 0 saturated carbocycles. The normalized spacial score (nSPS) is 10.1. The molecular formula is C18H17ClFNO6. The van der Waals surface area contributed by atoms with Gasteiger partial charge in [-0.05, 0) is 18.2 Å². The van der Waals surface area contributed by atoms with Crippen molar-refractivity contribution in [3.8, 4) is 17.2 Å². The highest BCUT2D eigenvalue weighted by atomic mass is 35.5. The van der Waals surface area contributed by atoms with E-state index in [4.69, 9.17) is 30.5 Å². The molecule has 7 nitrogen and oxygen atoms in total. The average molecular weight is 398 g/mol. The molecule has 2 aromatic rings. The number of esters is 1. The number of hydrogen-bond donors (Lipinski definition) is 1. The Morgan fingerprint density at radius 1 is 1.00 bits per heavy atom. The Balaban J connectivity index is 2.08. The summed E-state index contributed by atoms with van der Waals surface area (Å²) in [6.45, 7) is -0.637. The smallest absolute Gasteiger partial charge is 0.342 e. The van der Waals surface area contributed by atoms with Crippen LogP contribution in [0.15, 0.2) is 30.3 Å². The van der Waals surface area contributed by atoms with E-state index in [1.54, 1.807) is 0 Å². The minimum atomic E-state index is -0.825. The molecule has 0 fully saturated rings. The number of nitrogens with one attached hydrogen (secondary N) is 1. The molecule has 0 aromatic heterocycles. The molecule has 144 valence electrons. The highest BCUT2D eigenvalue weighted by molar-refractivity contribution is 6.30. The Morgan fingerprint density at radius 3 is 2.26 bits per heavy atom. The molecule has 9 heteroatoms. The molecule has 0 radical (unpaired) electrons. The maximum atomic E-state index is 13.6. The molecule has 0 aliphatic heterocycles. The highest BCUT2D eigenvalue weighted by Crippen LogP contribution is 2.34. The van der Waals surface area contributed by atoms with Crippen molar-refractivity contribution in [2.75, 3.05) is 33.3 Å². The van der Waals surface area contributed by atoms with Crippen LogP contribution in [-0.4, -0.2) is 39.8 Å². The molecule has 2 aromatic carbocycles. The third kappa shape index (κ3) is 5.01. The highest BCUT2D eigenvalue weighted by Gasteiger charge is 2.20. The van der Waals surface area contributed by atoms with Crippen LogP contribution >= 0.6 is 11.6 Å². The van der Waals surface area contributed by atoms with Gasteiger partial charge in [0.15, 0.2) is 18.1 Å².